The maximum atomic E-state index is 13.1. The molecule has 6 unspecified atom stereocenters. The van der Waals surface area contributed by atoms with Crippen molar-refractivity contribution in [3.05, 3.63) is 85.1 Å². The van der Waals surface area contributed by atoms with E-state index in [1.54, 1.807) is 0 Å². The minimum absolute atomic E-state index is 0.0187. The Morgan fingerprint density at radius 2 is 0.913 bits per heavy atom. The number of ether oxygens (including phenoxy) is 5. The van der Waals surface area contributed by atoms with Crippen molar-refractivity contribution < 1.29 is 58.2 Å². The maximum absolute atomic E-state index is 13.1. The fourth-order valence-corrected chi connectivity index (χ4v) is 7.43. The first-order valence-electron chi connectivity index (χ1n) is 26.6. The van der Waals surface area contributed by atoms with Crippen LogP contribution in [-0.4, -0.2) is 89.2 Å². The Balaban J connectivity index is 2.77. The number of carbonyl (C=O) groups is 4. The molecule has 0 aliphatic carbocycles. The van der Waals surface area contributed by atoms with Crippen molar-refractivity contribution in [2.45, 2.75) is 237 Å². The number of esters is 3. The molecule has 1 aliphatic rings. The highest BCUT2D eigenvalue weighted by atomic mass is 16.7. The molecular weight excluding hydrogens is 877 g/mol. The summed E-state index contributed by atoms with van der Waals surface area (Å²) in [5.41, 5.74) is 0. The van der Waals surface area contributed by atoms with E-state index in [0.29, 0.717) is 19.3 Å². The fraction of sp³-hybridized carbons (Fsp3) is 0.684. The van der Waals surface area contributed by atoms with E-state index in [2.05, 4.69) is 106 Å². The Kier molecular flexibility index (Phi) is 41.1. The molecule has 0 radical (unpaired) electrons. The first-order chi connectivity index (χ1) is 33.6. The van der Waals surface area contributed by atoms with E-state index in [0.717, 1.165) is 96.3 Å². The molecule has 3 N–H and O–H groups in total. The quantitative estimate of drug-likeness (QED) is 0.0229. The minimum atomic E-state index is -1.92. The molecule has 69 heavy (non-hydrogen) atoms. The van der Waals surface area contributed by atoms with Crippen LogP contribution in [0.1, 0.15) is 201 Å². The van der Waals surface area contributed by atoms with E-state index >= 15 is 0 Å². The van der Waals surface area contributed by atoms with Gasteiger partial charge in [0.25, 0.3) is 0 Å². The van der Waals surface area contributed by atoms with Gasteiger partial charge in [0.05, 0.1) is 6.61 Å². The zero-order valence-electron chi connectivity index (χ0n) is 42.8. The summed E-state index contributed by atoms with van der Waals surface area (Å²) < 4.78 is 28.2. The lowest BCUT2D eigenvalue weighted by Crippen LogP contribution is -2.61. The molecule has 1 aliphatic heterocycles. The summed E-state index contributed by atoms with van der Waals surface area (Å²) >= 11 is 0. The lowest BCUT2D eigenvalue weighted by atomic mass is 9.98. The third-order valence-electron chi connectivity index (χ3n) is 11.5. The molecule has 1 saturated heterocycles. The molecule has 6 atom stereocenters. The van der Waals surface area contributed by atoms with E-state index in [-0.39, 0.29) is 25.9 Å². The number of carboxylic acid groups (broad SMARTS) is 1. The van der Waals surface area contributed by atoms with Gasteiger partial charge in [-0.25, -0.2) is 4.79 Å². The number of aliphatic hydroxyl groups excluding tert-OH is 2. The number of unbranched alkanes of at least 4 members (excludes halogenated alkanes) is 15. The maximum Gasteiger partial charge on any atom is 0.335 e. The molecule has 0 aromatic rings. The van der Waals surface area contributed by atoms with Crippen LogP contribution in [0.4, 0.5) is 0 Å². The van der Waals surface area contributed by atoms with Crippen LogP contribution in [0.2, 0.25) is 0 Å². The van der Waals surface area contributed by atoms with Crippen LogP contribution in [0.25, 0.3) is 0 Å². The van der Waals surface area contributed by atoms with E-state index in [9.17, 15) is 34.5 Å². The normalized spacial score (nSPS) is 19.3. The van der Waals surface area contributed by atoms with Gasteiger partial charge >= 0.3 is 23.9 Å². The Hall–Kier alpha value is -4.10. The van der Waals surface area contributed by atoms with Crippen LogP contribution in [0.15, 0.2) is 85.1 Å². The van der Waals surface area contributed by atoms with Crippen LogP contribution < -0.4 is 0 Å². The van der Waals surface area contributed by atoms with Gasteiger partial charge in [-0.3, -0.25) is 14.4 Å². The van der Waals surface area contributed by atoms with Gasteiger partial charge in [-0.15, -0.1) is 0 Å². The van der Waals surface area contributed by atoms with Crippen molar-refractivity contribution >= 4 is 23.9 Å². The summed E-state index contributed by atoms with van der Waals surface area (Å²) in [5, 5.41) is 31.3. The third-order valence-corrected chi connectivity index (χ3v) is 11.5. The van der Waals surface area contributed by atoms with Gasteiger partial charge in [-0.2, -0.15) is 0 Å². The highest BCUT2D eigenvalue weighted by Gasteiger charge is 2.50. The summed E-state index contributed by atoms with van der Waals surface area (Å²) in [6.07, 6.45) is 44.3. The van der Waals surface area contributed by atoms with Gasteiger partial charge in [0.2, 0.25) is 0 Å². The van der Waals surface area contributed by atoms with Gasteiger partial charge in [-0.1, -0.05) is 176 Å². The molecule has 0 bridgehead atoms. The SMILES string of the molecule is CC/C=C\C/C=C\C/C=C\C/C=C\CCCCC(=O)OCC(COC1OC(C(=O)O)C(O)C(O)C1OC(=O)CCCCC/C=C\C/C=C\C/C=C\CC)OC(=O)CCCCCCCCCCCCC. The number of rotatable bonds is 43. The molecule has 12 nitrogen and oxygen atoms in total. The Bertz CT molecular complexity index is 1530. The molecule has 0 amide bonds. The predicted octanol–water partition coefficient (Wildman–Crippen LogP) is 12.8. The molecule has 1 rings (SSSR count). The number of allylic oxidation sites excluding steroid dienone is 14. The number of hydrogen-bond acceptors (Lipinski definition) is 11. The molecule has 1 fully saturated rings. The first kappa shape index (κ1) is 62.9. The van der Waals surface area contributed by atoms with Crippen molar-refractivity contribution in [3.63, 3.8) is 0 Å². The minimum Gasteiger partial charge on any atom is -0.479 e. The Morgan fingerprint density at radius 3 is 1.42 bits per heavy atom. The standard InChI is InChI=1S/C57H92O12/c1-4-7-10-13-16-19-22-24-25-27-29-31-34-37-40-43-49(58)65-46-48(67-50(59)44-41-38-35-32-28-21-18-15-12-9-6-3)47-66-57-55(53(62)52(61)54(69-57)56(63)64)68-51(60)45-42-39-36-33-30-26-23-20-17-14-11-8-5-2/h7-8,10-11,16-17,19-20,24-26,29-31,48,52-55,57,61-62H,4-6,9,12-15,18,21-23,27-28,32-47H2,1-3H3,(H,63,64)/b10-7-,11-8-,19-16-,20-17-,25-24-,30-26-,31-29-. The Labute approximate surface area is 416 Å². The highest BCUT2D eigenvalue weighted by molar-refractivity contribution is 5.74. The molecular formula is C57H92O12. The second kappa shape index (κ2) is 45.1. The van der Waals surface area contributed by atoms with Crippen molar-refractivity contribution in [2.24, 2.45) is 0 Å². The first-order valence-corrected chi connectivity index (χ1v) is 26.6. The molecule has 0 saturated carbocycles. The molecule has 392 valence electrons. The van der Waals surface area contributed by atoms with Gasteiger partial charge in [-0.05, 0) is 89.9 Å². The zero-order valence-corrected chi connectivity index (χ0v) is 42.8. The molecule has 12 heteroatoms. The van der Waals surface area contributed by atoms with Crippen LogP contribution in [0, 0.1) is 0 Å². The van der Waals surface area contributed by atoms with E-state index < -0.39 is 67.3 Å². The number of carbonyl (C=O) groups excluding carboxylic acids is 3. The topological polar surface area (TPSA) is 175 Å². The van der Waals surface area contributed by atoms with Crippen LogP contribution in [0.3, 0.4) is 0 Å². The fourth-order valence-electron chi connectivity index (χ4n) is 7.43. The molecule has 0 aromatic heterocycles. The van der Waals surface area contributed by atoms with Crippen molar-refractivity contribution in [1.29, 1.82) is 0 Å². The van der Waals surface area contributed by atoms with E-state index in [1.165, 1.54) is 44.9 Å². The molecule has 0 aromatic carbocycles. The number of hydrogen-bond donors (Lipinski definition) is 3. The van der Waals surface area contributed by atoms with Crippen molar-refractivity contribution in [1.82, 2.24) is 0 Å². The van der Waals surface area contributed by atoms with Crippen LogP contribution >= 0.6 is 0 Å². The predicted molar refractivity (Wildman–Crippen MR) is 275 cm³/mol. The summed E-state index contributed by atoms with van der Waals surface area (Å²) in [7, 11) is 0. The van der Waals surface area contributed by atoms with Gasteiger partial charge in [0.1, 0.15) is 18.8 Å². The lowest BCUT2D eigenvalue weighted by Gasteiger charge is -2.40. The zero-order chi connectivity index (χ0) is 50.4. The summed E-state index contributed by atoms with van der Waals surface area (Å²) in [6.45, 7) is 5.67. The summed E-state index contributed by atoms with van der Waals surface area (Å²) in [4.78, 5) is 50.8. The number of aliphatic hydroxyl groups is 2. The average molecular weight is 969 g/mol. The van der Waals surface area contributed by atoms with Gasteiger partial charge in [0, 0.05) is 19.3 Å². The average Bonchev–Trinajstić information content (AvgIpc) is 3.33. The second-order valence-corrected chi connectivity index (χ2v) is 17.8. The van der Waals surface area contributed by atoms with Crippen molar-refractivity contribution in [3.8, 4) is 0 Å². The highest BCUT2D eigenvalue weighted by Crippen LogP contribution is 2.26. The third kappa shape index (κ3) is 35.6. The van der Waals surface area contributed by atoms with Crippen LogP contribution in [-0.2, 0) is 42.9 Å². The van der Waals surface area contributed by atoms with Crippen LogP contribution in [0.5, 0.6) is 0 Å². The second-order valence-electron chi connectivity index (χ2n) is 17.8. The molecule has 0 spiro atoms. The van der Waals surface area contributed by atoms with E-state index in [1.807, 2.05) is 0 Å². The van der Waals surface area contributed by atoms with E-state index in [4.69, 9.17) is 23.7 Å². The Morgan fingerprint density at radius 1 is 0.493 bits per heavy atom. The summed E-state index contributed by atoms with van der Waals surface area (Å²) in [5.74, 6) is -3.22. The van der Waals surface area contributed by atoms with Crippen molar-refractivity contribution in [2.75, 3.05) is 13.2 Å². The monoisotopic (exact) mass is 969 g/mol. The lowest BCUT2D eigenvalue weighted by molar-refractivity contribution is -0.301. The number of carboxylic acids is 1. The van der Waals surface area contributed by atoms with Gasteiger partial charge in [0.15, 0.2) is 24.6 Å². The number of aliphatic carboxylic acids is 1. The largest absolute Gasteiger partial charge is 0.479 e. The smallest absolute Gasteiger partial charge is 0.335 e. The van der Waals surface area contributed by atoms with Gasteiger partial charge < -0.3 is 39.0 Å². The molecule has 1 heterocycles. The summed E-state index contributed by atoms with van der Waals surface area (Å²) in [6, 6.07) is 0.